The van der Waals surface area contributed by atoms with Gasteiger partial charge in [-0.2, -0.15) is 0 Å². The number of nitrogens with two attached hydrogens (primary N) is 1. The van der Waals surface area contributed by atoms with Gasteiger partial charge in [-0.25, -0.2) is 4.79 Å². The van der Waals surface area contributed by atoms with Crippen molar-refractivity contribution < 1.29 is 9.53 Å². The van der Waals surface area contributed by atoms with Gasteiger partial charge in [0.25, 0.3) is 0 Å². The predicted molar refractivity (Wildman–Crippen MR) is 84.0 cm³/mol. The van der Waals surface area contributed by atoms with Crippen LogP contribution in [0.5, 0.6) is 0 Å². The summed E-state index contributed by atoms with van der Waals surface area (Å²) < 4.78 is 4.81. The molecule has 1 aromatic rings. The fourth-order valence-corrected chi connectivity index (χ4v) is 2.68. The second kappa shape index (κ2) is 5.73. The third-order valence-corrected chi connectivity index (χ3v) is 2.89. The van der Waals surface area contributed by atoms with Crippen LogP contribution in [0, 0.1) is 5.41 Å². The molecule has 4 nitrogen and oxygen atoms in total. The smallest absolute Gasteiger partial charge is 0.340 e. The summed E-state index contributed by atoms with van der Waals surface area (Å²) in [6, 6.07) is 5.25. The third-order valence-electron chi connectivity index (χ3n) is 2.89. The molecule has 1 aromatic carbocycles. The van der Waals surface area contributed by atoms with E-state index in [2.05, 4.69) is 39.9 Å². The zero-order valence-corrected chi connectivity index (χ0v) is 13.3. The van der Waals surface area contributed by atoms with Gasteiger partial charge in [-0.05, 0) is 43.9 Å². The zero-order chi connectivity index (χ0) is 15.6. The Hall–Kier alpha value is -1.71. The molecule has 4 heteroatoms. The molecule has 0 saturated carbocycles. The summed E-state index contributed by atoms with van der Waals surface area (Å²) in [6.07, 6.45) is 0.963. The number of nitrogens with one attached hydrogen (secondary N) is 1. The van der Waals surface area contributed by atoms with Gasteiger partial charge >= 0.3 is 5.97 Å². The Balaban J connectivity index is 3.05. The Morgan fingerprint density at radius 3 is 2.35 bits per heavy atom. The lowest BCUT2D eigenvalue weighted by molar-refractivity contribution is 0.0602. The van der Waals surface area contributed by atoms with Crippen LogP contribution in [0.4, 0.5) is 11.4 Å². The van der Waals surface area contributed by atoms with Crippen LogP contribution < -0.4 is 11.1 Å². The summed E-state index contributed by atoms with van der Waals surface area (Å²) in [5, 5.41) is 3.43. The largest absolute Gasteiger partial charge is 0.465 e. The van der Waals surface area contributed by atoms with E-state index < -0.39 is 0 Å². The van der Waals surface area contributed by atoms with Gasteiger partial charge in [0, 0.05) is 16.9 Å². The number of carbonyl (C=O) groups is 1. The number of benzene rings is 1. The average Bonchev–Trinajstić information content (AvgIpc) is 2.27. The van der Waals surface area contributed by atoms with Crippen LogP contribution in [0.15, 0.2) is 18.2 Å². The molecular weight excluding hydrogens is 252 g/mol. The van der Waals surface area contributed by atoms with Gasteiger partial charge in [-0.3, -0.25) is 0 Å². The maximum Gasteiger partial charge on any atom is 0.340 e. The van der Waals surface area contributed by atoms with Crippen LogP contribution in [0.25, 0.3) is 0 Å². The number of esters is 1. The number of methoxy groups -OCH3 is 1. The Kier molecular flexibility index (Phi) is 4.69. The van der Waals surface area contributed by atoms with Crippen LogP contribution >= 0.6 is 0 Å². The maximum atomic E-state index is 11.8. The van der Waals surface area contributed by atoms with Crippen molar-refractivity contribution >= 4 is 17.3 Å². The highest BCUT2D eigenvalue weighted by molar-refractivity contribution is 5.96. The zero-order valence-electron chi connectivity index (χ0n) is 13.3. The number of anilines is 2. The highest BCUT2D eigenvalue weighted by atomic mass is 16.5. The minimum Gasteiger partial charge on any atom is -0.465 e. The van der Waals surface area contributed by atoms with Gasteiger partial charge in [0.15, 0.2) is 0 Å². The summed E-state index contributed by atoms with van der Waals surface area (Å²) in [5.41, 5.74) is 7.56. The maximum absolute atomic E-state index is 11.8. The minimum absolute atomic E-state index is 0.142. The van der Waals surface area contributed by atoms with Crippen molar-refractivity contribution in [3.05, 3.63) is 23.8 Å². The van der Waals surface area contributed by atoms with Gasteiger partial charge < -0.3 is 15.8 Å². The Labute approximate surface area is 121 Å². The SMILES string of the molecule is COC(=O)c1cc(N)ccc1NC(C)(C)CC(C)(C)C. The summed E-state index contributed by atoms with van der Waals surface area (Å²) in [4.78, 5) is 11.8. The molecule has 20 heavy (non-hydrogen) atoms. The molecule has 0 aliphatic carbocycles. The summed E-state index contributed by atoms with van der Waals surface area (Å²) >= 11 is 0. The van der Waals surface area contributed by atoms with Crippen LogP contribution in [-0.4, -0.2) is 18.6 Å². The number of hydrogen-bond acceptors (Lipinski definition) is 4. The molecule has 0 unspecified atom stereocenters. The molecule has 0 aliphatic rings. The van der Waals surface area contributed by atoms with Gasteiger partial charge in [-0.1, -0.05) is 20.8 Å². The fourth-order valence-electron chi connectivity index (χ4n) is 2.68. The monoisotopic (exact) mass is 278 g/mol. The van der Waals surface area contributed by atoms with E-state index in [1.807, 2.05) is 6.07 Å². The first-order valence-corrected chi connectivity index (χ1v) is 6.80. The second-order valence-electron chi connectivity index (χ2n) is 7.04. The molecule has 0 fully saturated rings. The molecule has 0 aliphatic heterocycles. The van der Waals surface area contributed by atoms with Gasteiger partial charge in [-0.15, -0.1) is 0 Å². The first-order valence-electron chi connectivity index (χ1n) is 6.80. The highest BCUT2D eigenvalue weighted by Gasteiger charge is 2.26. The molecule has 0 heterocycles. The molecule has 0 radical (unpaired) electrons. The second-order valence-corrected chi connectivity index (χ2v) is 7.04. The van der Waals surface area contributed by atoms with E-state index >= 15 is 0 Å². The van der Waals surface area contributed by atoms with Crippen LogP contribution in [0.3, 0.4) is 0 Å². The van der Waals surface area contributed by atoms with E-state index in [1.165, 1.54) is 7.11 Å². The fraction of sp³-hybridized carbons (Fsp3) is 0.562. The van der Waals surface area contributed by atoms with Gasteiger partial charge in [0.05, 0.1) is 12.7 Å². The van der Waals surface area contributed by atoms with E-state index in [0.717, 1.165) is 12.1 Å². The molecule has 112 valence electrons. The lowest BCUT2D eigenvalue weighted by Crippen LogP contribution is -2.36. The van der Waals surface area contributed by atoms with E-state index in [1.54, 1.807) is 12.1 Å². The number of rotatable bonds is 4. The lowest BCUT2D eigenvalue weighted by Gasteiger charge is -2.34. The quantitative estimate of drug-likeness (QED) is 0.651. The molecule has 0 saturated heterocycles. The van der Waals surface area contributed by atoms with Crippen molar-refractivity contribution in [2.24, 2.45) is 5.41 Å². The number of nitrogen functional groups attached to an aromatic ring is 1. The molecular formula is C16H26N2O2. The molecule has 3 N–H and O–H groups in total. The standard InChI is InChI=1S/C16H26N2O2/c1-15(2,3)10-16(4,5)18-13-8-7-11(17)9-12(13)14(19)20-6/h7-9,18H,10,17H2,1-6H3. The summed E-state index contributed by atoms with van der Waals surface area (Å²) in [6.45, 7) is 10.8. The van der Waals surface area contributed by atoms with Crippen molar-refractivity contribution in [2.45, 2.75) is 46.6 Å². The van der Waals surface area contributed by atoms with Crippen molar-refractivity contribution in [1.29, 1.82) is 0 Å². The first-order chi connectivity index (χ1) is 9.04. The van der Waals surface area contributed by atoms with Gasteiger partial charge in [0.1, 0.15) is 0 Å². The number of carbonyl (C=O) groups excluding carboxylic acids is 1. The summed E-state index contributed by atoms with van der Waals surface area (Å²) in [5.74, 6) is -0.383. The molecule has 0 spiro atoms. The van der Waals surface area contributed by atoms with Crippen molar-refractivity contribution in [2.75, 3.05) is 18.2 Å². The van der Waals surface area contributed by atoms with Crippen molar-refractivity contribution in [1.82, 2.24) is 0 Å². The molecule has 0 atom stereocenters. The third kappa shape index (κ3) is 4.76. The lowest BCUT2D eigenvalue weighted by atomic mass is 9.81. The number of hydrogen-bond donors (Lipinski definition) is 2. The minimum atomic E-state index is -0.383. The molecule has 0 bridgehead atoms. The van der Waals surface area contributed by atoms with Crippen LogP contribution in [-0.2, 0) is 4.74 Å². The normalized spacial score (nSPS) is 12.1. The Morgan fingerprint density at radius 1 is 1.25 bits per heavy atom. The van der Waals surface area contributed by atoms with Crippen molar-refractivity contribution in [3.63, 3.8) is 0 Å². The van der Waals surface area contributed by atoms with Crippen LogP contribution in [0.1, 0.15) is 51.4 Å². The average molecular weight is 278 g/mol. The van der Waals surface area contributed by atoms with E-state index in [4.69, 9.17) is 10.5 Å². The Morgan fingerprint density at radius 2 is 1.85 bits per heavy atom. The molecule has 0 aromatic heterocycles. The van der Waals surface area contributed by atoms with E-state index in [-0.39, 0.29) is 16.9 Å². The molecule has 0 amide bonds. The topological polar surface area (TPSA) is 64.3 Å². The van der Waals surface area contributed by atoms with E-state index in [0.29, 0.717) is 11.3 Å². The molecule has 1 rings (SSSR count). The predicted octanol–water partition coefficient (Wildman–Crippen LogP) is 3.68. The Bertz CT molecular complexity index is 488. The number of ether oxygens (including phenoxy) is 1. The van der Waals surface area contributed by atoms with Crippen molar-refractivity contribution in [3.8, 4) is 0 Å². The highest BCUT2D eigenvalue weighted by Crippen LogP contribution is 2.31. The summed E-state index contributed by atoms with van der Waals surface area (Å²) in [7, 11) is 1.37. The van der Waals surface area contributed by atoms with E-state index in [9.17, 15) is 4.79 Å². The first kappa shape index (κ1) is 16.3. The van der Waals surface area contributed by atoms with Crippen LogP contribution in [0.2, 0.25) is 0 Å². The van der Waals surface area contributed by atoms with Gasteiger partial charge in [0.2, 0.25) is 0 Å².